The lowest BCUT2D eigenvalue weighted by atomic mass is 10.2. The van der Waals surface area contributed by atoms with Gasteiger partial charge in [0.2, 0.25) is 0 Å². The maximum absolute atomic E-state index is 12.4. The zero-order valence-corrected chi connectivity index (χ0v) is 14.6. The Morgan fingerprint density at radius 3 is 2.83 bits per heavy atom. The largest absolute Gasteiger partial charge is 0.467 e. The fourth-order valence-electron chi connectivity index (χ4n) is 2.18. The van der Waals surface area contributed by atoms with Crippen LogP contribution in [0.25, 0.3) is 0 Å². The second kappa shape index (κ2) is 7.31. The maximum Gasteiger partial charge on any atom is 0.274 e. The minimum Gasteiger partial charge on any atom is -0.467 e. The van der Waals surface area contributed by atoms with Crippen molar-refractivity contribution in [1.29, 1.82) is 0 Å². The van der Waals surface area contributed by atoms with Gasteiger partial charge in [-0.2, -0.15) is 0 Å². The number of aromatic nitrogens is 1. The summed E-state index contributed by atoms with van der Waals surface area (Å²) in [6.45, 7) is 2.52. The smallest absolute Gasteiger partial charge is 0.274 e. The van der Waals surface area contributed by atoms with Gasteiger partial charge in [-0.05, 0) is 55.0 Å². The molecule has 0 saturated heterocycles. The molecule has 0 saturated carbocycles. The summed E-state index contributed by atoms with van der Waals surface area (Å²) in [6.07, 6.45) is 3.23. The summed E-state index contributed by atoms with van der Waals surface area (Å²) >= 11 is 3.44. The van der Waals surface area contributed by atoms with E-state index in [1.54, 1.807) is 18.5 Å². The highest BCUT2D eigenvalue weighted by molar-refractivity contribution is 9.10. The van der Waals surface area contributed by atoms with Crippen molar-refractivity contribution in [2.24, 2.45) is 0 Å². The monoisotopic (exact) mass is 385 g/mol. The molecule has 0 atom stereocenters. The van der Waals surface area contributed by atoms with Crippen molar-refractivity contribution in [3.63, 3.8) is 0 Å². The summed E-state index contributed by atoms with van der Waals surface area (Å²) in [6, 6.07) is 12.9. The lowest BCUT2D eigenvalue weighted by Crippen LogP contribution is -2.14. The van der Waals surface area contributed by atoms with Crippen LogP contribution >= 0.6 is 15.9 Å². The third-order valence-corrected chi connectivity index (χ3v) is 4.34. The second-order valence-corrected chi connectivity index (χ2v) is 6.14. The second-order valence-electron chi connectivity index (χ2n) is 5.28. The number of pyridine rings is 1. The minimum absolute atomic E-state index is 0.252. The van der Waals surface area contributed by atoms with E-state index in [1.807, 2.05) is 43.3 Å². The van der Waals surface area contributed by atoms with Gasteiger partial charge in [0, 0.05) is 22.0 Å². The number of furan rings is 1. The van der Waals surface area contributed by atoms with Gasteiger partial charge in [0.25, 0.3) is 5.91 Å². The number of hydrogen-bond donors (Lipinski definition) is 2. The molecule has 24 heavy (non-hydrogen) atoms. The molecule has 0 fully saturated rings. The van der Waals surface area contributed by atoms with Crippen molar-refractivity contribution < 1.29 is 9.21 Å². The fourth-order valence-corrected chi connectivity index (χ4v) is 2.43. The average molecular weight is 386 g/mol. The van der Waals surface area contributed by atoms with Crippen LogP contribution in [0.15, 0.2) is 63.8 Å². The van der Waals surface area contributed by atoms with E-state index in [2.05, 4.69) is 31.5 Å². The summed E-state index contributed by atoms with van der Waals surface area (Å²) in [7, 11) is 0. The van der Waals surface area contributed by atoms with Crippen molar-refractivity contribution in [3.05, 3.63) is 76.4 Å². The number of benzene rings is 1. The van der Waals surface area contributed by atoms with Gasteiger partial charge in [0.15, 0.2) is 0 Å². The first kappa shape index (κ1) is 16.3. The summed E-state index contributed by atoms with van der Waals surface area (Å²) in [5, 5.41) is 6.06. The molecular weight excluding hydrogens is 370 g/mol. The summed E-state index contributed by atoms with van der Waals surface area (Å²) in [4.78, 5) is 16.5. The number of nitrogens with zero attached hydrogens (tertiary/aromatic N) is 1. The Balaban J connectivity index is 1.68. The molecule has 2 N–H and O–H groups in total. The van der Waals surface area contributed by atoms with E-state index in [-0.39, 0.29) is 5.91 Å². The van der Waals surface area contributed by atoms with Crippen molar-refractivity contribution in [1.82, 2.24) is 4.98 Å². The lowest BCUT2D eigenvalue weighted by Gasteiger charge is -2.08. The van der Waals surface area contributed by atoms with Gasteiger partial charge >= 0.3 is 0 Å². The molecule has 5 nitrogen and oxygen atoms in total. The Hall–Kier alpha value is -2.60. The number of halogens is 1. The Labute approximate surface area is 148 Å². The van der Waals surface area contributed by atoms with Gasteiger partial charge in [-0.25, -0.2) is 0 Å². The molecule has 2 heterocycles. The molecule has 3 aromatic rings. The van der Waals surface area contributed by atoms with Gasteiger partial charge in [0.05, 0.1) is 12.8 Å². The molecule has 3 rings (SSSR count). The molecule has 0 aliphatic rings. The van der Waals surface area contributed by atoms with Gasteiger partial charge in [-0.1, -0.05) is 15.9 Å². The number of amides is 1. The first-order valence-electron chi connectivity index (χ1n) is 7.41. The summed E-state index contributed by atoms with van der Waals surface area (Å²) in [5.41, 5.74) is 2.93. The van der Waals surface area contributed by atoms with Crippen LogP contribution in [0.4, 0.5) is 11.4 Å². The molecule has 0 unspecified atom stereocenters. The summed E-state index contributed by atoms with van der Waals surface area (Å²) in [5.74, 6) is 0.571. The van der Waals surface area contributed by atoms with Crippen molar-refractivity contribution in [3.8, 4) is 0 Å². The van der Waals surface area contributed by atoms with Crippen LogP contribution in [0.1, 0.15) is 21.8 Å². The molecule has 2 aromatic heterocycles. The predicted octanol–water partition coefficient (Wildman–Crippen LogP) is 4.61. The van der Waals surface area contributed by atoms with Crippen molar-refractivity contribution in [2.45, 2.75) is 13.5 Å². The zero-order chi connectivity index (χ0) is 16.9. The number of hydrogen-bond acceptors (Lipinski definition) is 4. The predicted molar refractivity (Wildman–Crippen MR) is 97.1 cm³/mol. The SMILES string of the molecule is Cc1cc(NC(=O)c2cc(NCc3ccco3)ccn2)ccc1Br. The summed E-state index contributed by atoms with van der Waals surface area (Å²) < 4.78 is 6.27. The normalized spacial score (nSPS) is 10.4. The van der Waals surface area contributed by atoms with E-state index in [1.165, 1.54) is 0 Å². The van der Waals surface area contributed by atoms with Gasteiger partial charge in [0.1, 0.15) is 11.5 Å². The molecule has 0 aliphatic carbocycles. The van der Waals surface area contributed by atoms with E-state index >= 15 is 0 Å². The average Bonchev–Trinajstić information content (AvgIpc) is 3.10. The third kappa shape index (κ3) is 4.02. The van der Waals surface area contributed by atoms with Crippen molar-refractivity contribution in [2.75, 3.05) is 10.6 Å². The number of rotatable bonds is 5. The molecule has 1 amide bonds. The lowest BCUT2D eigenvalue weighted by molar-refractivity contribution is 0.102. The highest BCUT2D eigenvalue weighted by Gasteiger charge is 2.09. The molecule has 122 valence electrons. The van der Waals surface area contributed by atoms with Crippen LogP contribution in [-0.4, -0.2) is 10.9 Å². The number of nitrogens with one attached hydrogen (secondary N) is 2. The zero-order valence-electron chi connectivity index (χ0n) is 13.0. The van der Waals surface area contributed by atoms with Crippen LogP contribution < -0.4 is 10.6 Å². The van der Waals surface area contributed by atoms with Crippen LogP contribution in [-0.2, 0) is 6.54 Å². The van der Waals surface area contributed by atoms with Crippen LogP contribution in [0.3, 0.4) is 0 Å². The van der Waals surface area contributed by atoms with E-state index in [0.29, 0.717) is 12.2 Å². The van der Waals surface area contributed by atoms with Gasteiger partial charge in [-0.15, -0.1) is 0 Å². The van der Waals surface area contributed by atoms with Crippen LogP contribution in [0.2, 0.25) is 0 Å². The van der Waals surface area contributed by atoms with E-state index in [9.17, 15) is 4.79 Å². The molecule has 0 spiro atoms. The van der Waals surface area contributed by atoms with Gasteiger partial charge in [-0.3, -0.25) is 9.78 Å². The third-order valence-electron chi connectivity index (χ3n) is 3.46. The number of carbonyl (C=O) groups excluding carboxylic acids is 1. The van der Waals surface area contributed by atoms with Crippen molar-refractivity contribution >= 4 is 33.2 Å². The van der Waals surface area contributed by atoms with E-state index in [0.717, 1.165) is 27.2 Å². The molecule has 0 aliphatic heterocycles. The molecular formula is C18H16BrN3O2. The Morgan fingerprint density at radius 2 is 2.08 bits per heavy atom. The number of carbonyl (C=O) groups is 1. The van der Waals surface area contributed by atoms with Crippen LogP contribution in [0, 0.1) is 6.92 Å². The standard InChI is InChI=1S/C18H16BrN3O2/c1-12-9-14(4-5-16(12)19)22-18(23)17-10-13(6-7-20-17)21-11-15-3-2-8-24-15/h2-10H,11H2,1H3,(H,20,21)(H,22,23). The van der Waals surface area contributed by atoms with E-state index < -0.39 is 0 Å². The number of anilines is 2. The Kier molecular flexibility index (Phi) is 4.96. The molecule has 0 radical (unpaired) electrons. The highest BCUT2D eigenvalue weighted by Crippen LogP contribution is 2.20. The molecule has 0 bridgehead atoms. The highest BCUT2D eigenvalue weighted by atomic mass is 79.9. The molecule has 6 heteroatoms. The topological polar surface area (TPSA) is 67.2 Å². The quantitative estimate of drug-likeness (QED) is 0.672. The first-order chi connectivity index (χ1) is 11.6. The maximum atomic E-state index is 12.4. The first-order valence-corrected chi connectivity index (χ1v) is 8.21. The fraction of sp³-hybridized carbons (Fsp3) is 0.111. The van der Waals surface area contributed by atoms with Crippen LogP contribution in [0.5, 0.6) is 0 Å². The Morgan fingerprint density at radius 1 is 1.21 bits per heavy atom. The number of aryl methyl sites for hydroxylation is 1. The molecule has 1 aromatic carbocycles. The van der Waals surface area contributed by atoms with Gasteiger partial charge < -0.3 is 15.1 Å². The Bertz CT molecular complexity index is 847. The van der Waals surface area contributed by atoms with E-state index in [4.69, 9.17) is 4.42 Å². The minimum atomic E-state index is -0.252.